The minimum absolute atomic E-state index is 0.0144. The van der Waals surface area contributed by atoms with Gasteiger partial charge in [0.05, 0.1) is 11.0 Å². The van der Waals surface area contributed by atoms with Gasteiger partial charge in [0.2, 0.25) is 5.91 Å². The van der Waals surface area contributed by atoms with Crippen LogP contribution in [-0.4, -0.2) is 27.9 Å². The molecule has 2 aromatic rings. The number of amides is 1. The van der Waals surface area contributed by atoms with E-state index >= 15 is 0 Å². The molecule has 1 aromatic heterocycles. The highest BCUT2D eigenvalue weighted by Gasteiger charge is 2.10. The molecule has 0 unspecified atom stereocenters. The summed E-state index contributed by atoms with van der Waals surface area (Å²) in [6, 6.07) is 6.20. The normalized spacial score (nSPS) is 10.9. The lowest BCUT2D eigenvalue weighted by Crippen LogP contribution is -2.25. The van der Waals surface area contributed by atoms with Crippen molar-refractivity contribution in [3.63, 3.8) is 0 Å². The first kappa shape index (κ1) is 13.9. The molecule has 19 heavy (non-hydrogen) atoms. The van der Waals surface area contributed by atoms with Crippen LogP contribution < -0.4 is 5.32 Å². The highest BCUT2D eigenvalue weighted by molar-refractivity contribution is 6.17. The molecular formula is C14H18ClN3O. The first-order chi connectivity index (χ1) is 9.11. The molecule has 4 nitrogen and oxygen atoms in total. The van der Waals surface area contributed by atoms with Gasteiger partial charge < -0.3 is 9.88 Å². The summed E-state index contributed by atoms with van der Waals surface area (Å²) in [4.78, 5) is 15.6. The van der Waals surface area contributed by atoms with Crippen LogP contribution in [0.5, 0.6) is 0 Å². The van der Waals surface area contributed by atoms with Crippen LogP contribution in [-0.2, 0) is 17.8 Å². The van der Waals surface area contributed by atoms with Gasteiger partial charge in [0.25, 0.3) is 0 Å². The SMILES string of the molecule is CC(=O)NCCn1c(CCCl)nc2ccc(C)cc21. The third-order valence-corrected chi connectivity index (χ3v) is 3.20. The summed E-state index contributed by atoms with van der Waals surface area (Å²) in [7, 11) is 0. The Kier molecular flexibility index (Phi) is 4.43. The topological polar surface area (TPSA) is 46.9 Å². The number of rotatable bonds is 5. The zero-order chi connectivity index (χ0) is 13.8. The molecule has 0 aliphatic carbocycles. The lowest BCUT2D eigenvalue weighted by Gasteiger charge is -2.09. The van der Waals surface area contributed by atoms with Gasteiger partial charge in [0.1, 0.15) is 5.82 Å². The number of hydrogen-bond donors (Lipinski definition) is 1. The van der Waals surface area contributed by atoms with Gasteiger partial charge in [-0.1, -0.05) is 6.07 Å². The molecule has 1 amide bonds. The van der Waals surface area contributed by atoms with Crippen molar-refractivity contribution in [2.75, 3.05) is 12.4 Å². The molecule has 0 fully saturated rings. The number of fused-ring (bicyclic) bond motifs is 1. The Bertz CT molecular complexity index is 592. The lowest BCUT2D eigenvalue weighted by atomic mass is 10.2. The predicted molar refractivity (Wildman–Crippen MR) is 77.6 cm³/mol. The smallest absolute Gasteiger partial charge is 0.216 e. The van der Waals surface area contributed by atoms with Crippen molar-refractivity contribution in [3.8, 4) is 0 Å². The summed E-state index contributed by atoms with van der Waals surface area (Å²) < 4.78 is 2.14. The van der Waals surface area contributed by atoms with Gasteiger partial charge in [-0.25, -0.2) is 4.98 Å². The van der Waals surface area contributed by atoms with Crippen LogP contribution in [0, 0.1) is 6.92 Å². The Morgan fingerprint density at radius 3 is 2.95 bits per heavy atom. The number of imidazole rings is 1. The fraction of sp³-hybridized carbons (Fsp3) is 0.429. The van der Waals surface area contributed by atoms with Crippen LogP contribution >= 0.6 is 11.6 Å². The quantitative estimate of drug-likeness (QED) is 0.854. The van der Waals surface area contributed by atoms with Crippen molar-refractivity contribution in [3.05, 3.63) is 29.6 Å². The third kappa shape index (κ3) is 3.26. The number of halogens is 1. The Labute approximate surface area is 117 Å². The molecule has 0 aliphatic heterocycles. The van der Waals surface area contributed by atoms with Gasteiger partial charge in [0, 0.05) is 32.3 Å². The number of hydrogen-bond acceptors (Lipinski definition) is 2. The highest BCUT2D eigenvalue weighted by Crippen LogP contribution is 2.18. The Morgan fingerprint density at radius 1 is 1.47 bits per heavy atom. The molecule has 0 saturated carbocycles. The van der Waals surface area contributed by atoms with Gasteiger partial charge in [-0.15, -0.1) is 11.6 Å². The van der Waals surface area contributed by atoms with E-state index in [9.17, 15) is 4.79 Å². The maximum absolute atomic E-state index is 10.9. The van der Waals surface area contributed by atoms with Crippen LogP contribution in [0.3, 0.4) is 0 Å². The van der Waals surface area contributed by atoms with E-state index in [0.29, 0.717) is 19.0 Å². The predicted octanol–water partition coefficient (Wildman–Crippen LogP) is 2.26. The van der Waals surface area contributed by atoms with E-state index in [-0.39, 0.29) is 5.91 Å². The molecule has 0 spiro atoms. The molecule has 0 saturated heterocycles. The lowest BCUT2D eigenvalue weighted by molar-refractivity contribution is -0.118. The number of carbonyl (C=O) groups is 1. The highest BCUT2D eigenvalue weighted by atomic mass is 35.5. The molecule has 0 atom stereocenters. The molecule has 0 aliphatic rings. The van der Waals surface area contributed by atoms with Gasteiger partial charge in [0.15, 0.2) is 0 Å². The number of nitrogens with zero attached hydrogens (tertiary/aromatic N) is 2. The first-order valence-corrected chi connectivity index (χ1v) is 6.91. The molecule has 1 heterocycles. The number of benzene rings is 1. The summed E-state index contributed by atoms with van der Waals surface area (Å²) in [5, 5.41) is 2.81. The zero-order valence-corrected chi connectivity index (χ0v) is 12.0. The molecule has 1 N–H and O–H groups in total. The van der Waals surface area contributed by atoms with Crippen molar-refractivity contribution >= 4 is 28.5 Å². The second-order valence-corrected chi connectivity index (χ2v) is 4.97. The average molecular weight is 280 g/mol. The third-order valence-electron chi connectivity index (χ3n) is 3.01. The summed E-state index contributed by atoms with van der Waals surface area (Å²) >= 11 is 5.83. The summed E-state index contributed by atoms with van der Waals surface area (Å²) in [6.45, 7) is 4.90. The van der Waals surface area contributed by atoms with Crippen molar-refractivity contribution in [2.24, 2.45) is 0 Å². The van der Waals surface area contributed by atoms with Crippen molar-refractivity contribution in [2.45, 2.75) is 26.8 Å². The van der Waals surface area contributed by atoms with E-state index in [0.717, 1.165) is 23.3 Å². The number of aryl methyl sites for hydroxylation is 2. The van der Waals surface area contributed by atoms with E-state index in [1.165, 1.54) is 12.5 Å². The summed E-state index contributed by atoms with van der Waals surface area (Å²) in [6.07, 6.45) is 0.732. The number of nitrogens with one attached hydrogen (secondary N) is 1. The molecule has 0 bridgehead atoms. The summed E-state index contributed by atoms with van der Waals surface area (Å²) in [5.74, 6) is 1.50. The van der Waals surface area contributed by atoms with Crippen molar-refractivity contribution < 1.29 is 4.79 Å². The fourth-order valence-corrected chi connectivity index (χ4v) is 2.32. The van der Waals surface area contributed by atoms with Crippen LogP contribution in [0.15, 0.2) is 18.2 Å². The van der Waals surface area contributed by atoms with Crippen LogP contribution in [0.2, 0.25) is 0 Å². The molecular weight excluding hydrogens is 262 g/mol. The first-order valence-electron chi connectivity index (χ1n) is 6.38. The van der Waals surface area contributed by atoms with Crippen LogP contribution in [0.1, 0.15) is 18.3 Å². The van der Waals surface area contributed by atoms with Gasteiger partial charge in [-0.3, -0.25) is 4.79 Å². The largest absolute Gasteiger partial charge is 0.355 e. The molecule has 0 radical (unpaired) electrons. The number of aromatic nitrogens is 2. The van der Waals surface area contributed by atoms with E-state index in [1.54, 1.807) is 0 Å². The van der Waals surface area contributed by atoms with Crippen molar-refractivity contribution in [1.29, 1.82) is 0 Å². The maximum Gasteiger partial charge on any atom is 0.216 e. The van der Waals surface area contributed by atoms with Crippen LogP contribution in [0.25, 0.3) is 11.0 Å². The van der Waals surface area contributed by atoms with Crippen molar-refractivity contribution in [1.82, 2.24) is 14.9 Å². The molecule has 1 aromatic carbocycles. The average Bonchev–Trinajstić information content (AvgIpc) is 2.67. The minimum Gasteiger partial charge on any atom is -0.355 e. The van der Waals surface area contributed by atoms with Crippen LogP contribution in [0.4, 0.5) is 0 Å². The second-order valence-electron chi connectivity index (χ2n) is 4.59. The van der Waals surface area contributed by atoms with E-state index in [2.05, 4.69) is 33.9 Å². The molecule has 5 heteroatoms. The second kappa shape index (κ2) is 6.06. The molecule has 102 valence electrons. The van der Waals surface area contributed by atoms with E-state index in [1.807, 2.05) is 6.07 Å². The fourth-order valence-electron chi connectivity index (χ4n) is 2.15. The molecule has 2 rings (SSSR count). The Hall–Kier alpha value is -1.55. The number of alkyl halides is 1. The minimum atomic E-state index is -0.0144. The van der Waals surface area contributed by atoms with E-state index in [4.69, 9.17) is 11.6 Å². The maximum atomic E-state index is 10.9. The monoisotopic (exact) mass is 279 g/mol. The van der Waals surface area contributed by atoms with Gasteiger partial charge in [-0.2, -0.15) is 0 Å². The van der Waals surface area contributed by atoms with Gasteiger partial charge >= 0.3 is 0 Å². The standard InChI is InChI=1S/C14H18ClN3O/c1-10-3-4-12-13(9-10)18(8-7-16-11(2)19)14(17-12)5-6-15/h3-4,9H,5-8H2,1-2H3,(H,16,19). The number of carbonyl (C=O) groups excluding carboxylic acids is 1. The Balaban J connectivity index is 2.33. The Morgan fingerprint density at radius 2 is 2.26 bits per heavy atom. The zero-order valence-electron chi connectivity index (χ0n) is 11.2. The summed E-state index contributed by atoms with van der Waals surface area (Å²) in [5.41, 5.74) is 3.28. The van der Waals surface area contributed by atoms with E-state index < -0.39 is 0 Å². The van der Waals surface area contributed by atoms with Gasteiger partial charge in [-0.05, 0) is 24.6 Å².